The van der Waals surface area contributed by atoms with Crippen LogP contribution in [0, 0.1) is 17.1 Å². The van der Waals surface area contributed by atoms with Crippen molar-refractivity contribution in [2.75, 3.05) is 7.11 Å². The van der Waals surface area contributed by atoms with E-state index in [9.17, 15) is 9.65 Å². The first-order valence-corrected chi connectivity index (χ1v) is 7.26. The summed E-state index contributed by atoms with van der Waals surface area (Å²) in [5, 5.41) is 9.34. The van der Waals surface area contributed by atoms with Crippen LogP contribution in [0.2, 0.25) is 0 Å². The Kier molecular flexibility index (Phi) is 5.37. The zero-order valence-corrected chi connectivity index (χ0v) is 13.3. The maximum Gasteiger partial charge on any atom is 0.161 e. The van der Waals surface area contributed by atoms with Crippen LogP contribution in [0.5, 0.6) is 11.5 Å². The maximum absolute atomic E-state index is 13.3. The van der Waals surface area contributed by atoms with Crippen LogP contribution < -0.4 is 9.47 Å². The molecule has 0 saturated carbocycles. The molecule has 0 unspecified atom stereocenters. The van der Waals surface area contributed by atoms with Gasteiger partial charge in [0.15, 0.2) is 11.5 Å². The Balaban J connectivity index is 2.39. The summed E-state index contributed by atoms with van der Waals surface area (Å²) in [6.07, 6.45) is 1.73. The van der Waals surface area contributed by atoms with Gasteiger partial charge in [-0.05, 0) is 55.3 Å². The van der Waals surface area contributed by atoms with Crippen molar-refractivity contribution in [3.8, 4) is 17.6 Å². The third kappa shape index (κ3) is 4.33. The van der Waals surface area contributed by atoms with Crippen molar-refractivity contribution in [2.24, 2.45) is 0 Å². The van der Waals surface area contributed by atoms with Gasteiger partial charge in [0.2, 0.25) is 0 Å². The zero-order chi connectivity index (χ0) is 16.8. The summed E-state index contributed by atoms with van der Waals surface area (Å²) < 4.78 is 24.3. The number of halogens is 1. The second-order valence-electron chi connectivity index (χ2n) is 5.26. The largest absolute Gasteiger partial charge is 0.493 e. The van der Waals surface area contributed by atoms with Crippen LogP contribution in [0.1, 0.15) is 25.0 Å². The molecule has 2 aromatic carbocycles. The second-order valence-corrected chi connectivity index (χ2v) is 5.26. The molecule has 0 fully saturated rings. The molecule has 4 heteroatoms. The lowest BCUT2D eigenvalue weighted by atomic mass is 10.0. The van der Waals surface area contributed by atoms with Crippen LogP contribution in [0.3, 0.4) is 0 Å². The van der Waals surface area contributed by atoms with Crippen molar-refractivity contribution in [1.29, 1.82) is 5.26 Å². The highest BCUT2D eigenvalue weighted by Gasteiger charge is 2.08. The van der Waals surface area contributed by atoms with Gasteiger partial charge in [-0.25, -0.2) is 4.39 Å². The lowest BCUT2D eigenvalue weighted by molar-refractivity contribution is 0.230. The van der Waals surface area contributed by atoms with E-state index in [0.29, 0.717) is 22.6 Å². The van der Waals surface area contributed by atoms with E-state index < -0.39 is 0 Å². The molecule has 0 aliphatic heterocycles. The van der Waals surface area contributed by atoms with Crippen molar-refractivity contribution in [3.05, 3.63) is 59.4 Å². The Labute approximate surface area is 135 Å². The van der Waals surface area contributed by atoms with Crippen molar-refractivity contribution < 1.29 is 13.9 Å². The van der Waals surface area contributed by atoms with Gasteiger partial charge in [0.05, 0.1) is 24.9 Å². The summed E-state index contributed by atoms with van der Waals surface area (Å²) >= 11 is 0. The molecule has 0 bridgehead atoms. The monoisotopic (exact) mass is 311 g/mol. The first kappa shape index (κ1) is 16.6. The quantitative estimate of drug-likeness (QED) is 0.594. The van der Waals surface area contributed by atoms with Crippen LogP contribution in [-0.4, -0.2) is 13.2 Å². The number of hydrogen-bond donors (Lipinski definition) is 0. The van der Waals surface area contributed by atoms with E-state index in [0.717, 1.165) is 5.56 Å². The fraction of sp³-hybridized carbons (Fsp3) is 0.211. The molecular weight excluding hydrogens is 293 g/mol. The first-order valence-electron chi connectivity index (χ1n) is 7.26. The van der Waals surface area contributed by atoms with Gasteiger partial charge in [0.1, 0.15) is 5.82 Å². The summed E-state index contributed by atoms with van der Waals surface area (Å²) in [4.78, 5) is 0. The average molecular weight is 311 g/mol. The van der Waals surface area contributed by atoms with Gasteiger partial charge in [-0.15, -0.1) is 0 Å². The van der Waals surface area contributed by atoms with Crippen molar-refractivity contribution >= 4 is 11.6 Å². The van der Waals surface area contributed by atoms with E-state index >= 15 is 0 Å². The molecule has 118 valence electrons. The zero-order valence-electron chi connectivity index (χ0n) is 13.3. The third-order valence-corrected chi connectivity index (χ3v) is 3.12. The van der Waals surface area contributed by atoms with Gasteiger partial charge in [0, 0.05) is 0 Å². The Morgan fingerprint density at radius 3 is 2.57 bits per heavy atom. The Bertz CT molecular complexity index is 760. The molecule has 23 heavy (non-hydrogen) atoms. The lowest BCUT2D eigenvalue weighted by Gasteiger charge is -2.14. The van der Waals surface area contributed by atoms with E-state index in [-0.39, 0.29) is 11.9 Å². The van der Waals surface area contributed by atoms with Gasteiger partial charge in [-0.1, -0.05) is 18.2 Å². The molecule has 0 radical (unpaired) electrons. The lowest BCUT2D eigenvalue weighted by Crippen LogP contribution is -2.06. The Morgan fingerprint density at radius 1 is 1.17 bits per heavy atom. The number of hydrogen-bond acceptors (Lipinski definition) is 3. The third-order valence-electron chi connectivity index (χ3n) is 3.12. The average Bonchev–Trinajstić information content (AvgIpc) is 2.53. The van der Waals surface area contributed by atoms with Crippen LogP contribution in [0.25, 0.3) is 11.6 Å². The summed E-state index contributed by atoms with van der Waals surface area (Å²) in [7, 11) is 1.56. The van der Waals surface area contributed by atoms with Gasteiger partial charge >= 0.3 is 0 Å². The summed E-state index contributed by atoms with van der Waals surface area (Å²) in [6.45, 7) is 3.87. The van der Waals surface area contributed by atoms with E-state index in [1.165, 1.54) is 12.1 Å². The molecule has 2 aromatic rings. The van der Waals surface area contributed by atoms with Crippen molar-refractivity contribution in [3.63, 3.8) is 0 Å². The normalized spacial score (nSPS) is 11.2. The molecule has 0 heterocycles. The molecule has 0 amide bonds. The number of methoxy groups -OCH3 is 1. The minimum Gasteiger partial charge on any atom is -0.493 e. The minimum absolute atomic E-state index is 0.0345. The molecule has 0 spiro atoms. The van der Waals surface area contributed by atoms with Crippen molar-refractivity contribution in [1.82, 2.24) is 0 Å². The Morgan fingerprint density at radius 2 is 1.96 bits per heavy atom. The van der Waals surface area contributed by atoms with Gasteiger partial charge in [-0.2, -0.15) is 5.26 Å². The molecule has 2 rings (SSSR count). The molecule has 0 saturated heterocycles. The molecule has 0 aromatic heterocycles. The van der Waals surface area contributed by atoms with Gasteiger partial charge in [-0.3, -0.25) is 0 Å². The highest BCUT2D eigenvalue weighted by molar-refractivity contribution is 5.89. The second kappa shape index (κ2) is 7.46. The number of allylic oxidation sites excluding steroid dienone is 1. The molecule has 0 N–H and O–H groups in total. The maximum atomic E-state index is 13.3. The predicted molar refractivity (Wildman–Crippen MR) is 88.6 cm³/mol. The number of nitrogens with zero attached hydrogens (tertiary/aromatic N) is 1. The fourth-order valence-electron chi connectivity index (χ4n) is 2.13. The number of nitriles is 1. The summed E-state index contributed by atoms with van der Waals surface area (Å²) in [5.41, 5.74) is 1.69. The fourth-order valence-corrected chi connectivity index (χ4v) is 2.13. The van der Waals surface area contributed by atoms with Crippen LogP contribution in [-0.2, 0) is 0 Å². The van der Waals surface area contributed by atoms with Gasteiger partial charge in [0.25, 0.3) is 0 Å². The summed E-state index contributed by atoms with van der Waals surface area (Å²) in [6, 6.07) is 13.5. The Hall–Kier alpha value is -2.80. The number of benzene rings is 2. The summed E-state index contributed by atoms with van der Waals surface area (Å²) in [5.74, 6) is 0.856. The predicted octanol–water partition coefficient (Wildman–Crippen LogP) is 4.69. The molecule has 3 nitrogen and oxygen atoms in total. The molecular formula is C19H18FNO2. The highest BCUT2D eigenvalue weighted by atomic mass is 19.1. The number of rotatable bonds is 5. The van der Waals surface area contributed by atoms with E-state index in [2.05, 4.69) is 6.07 Å². The minimum atomic E-state index is -0.373. The van der Waals surface area contributed by atoms with E-state index in [1.54, 1.807) is 37.5 Å². The molecule has 0 atom stereocenters. The van der Waals surface area contributed by atoms with Crippen LogP contribution in [0.15, 0.2) is 42.5 Å². The number of ether oxygens (including phenoxy) is 2. The van der Waals surface area contributed by atoms with Crippen LogP contribution in [0.4, 0.5) is 4.39 Å². The first-order chi connectivity index (χ1) is 11.0. The van der Waals surface area contributed by atoms with E-state index in [4.69, 9.17) is 9.47 Å². The smallest absolute Gasteiger partial charge is 0.161 e. The molecule has 0 aliphatic carbocycles. The van der Waals surface area contributed by atoms with Gasteiger partial charge < -0.3 is 9.47 Å². The topological polar surface area (TPSA) is 42.2 Å². The SMILES string of the molecule is COc1cc(/C=C(/C#N)c2cccc(F)c2)ccc1OC(C)C. The highest BCUT2D eigenvalue weighted by Crippen LogP contribution is 2.30. The van der Waals surface area contributed by atoms with E-state index in [1.807, 2.05) is 19.9 Å². The molecule has 0 aliphatic rings. The van der Waals surface area contributed by atoms with Crippen molar-refractivity contribution in [2.45, 2.75) is 20.0 Å². The standard InChI is InChI=1S/C19H18FNO2/c1-13(2)23-18-8-7-14(10-19(18)22-3)9-16(12-21)15-5-4-6-17(20)11-15/h4-11,13H,1-3H3/b16-9-. The van der Waals surface area contributed by atoms with Crippen LogP contribution >= 0.6 is 0 Å².